The molecule has 1 N–H and O–H groups in total. The van der Waals surface area contributed by atoms with E-state index in [0.717, 1.165) is 18.7 Å². The molecular weight excluding hydrogens is 214 g/mol. The Hall–Kier alpha value is -1.06. The molecule has 0 radical (unpaired) electrons. The van der Waals surface area contributed by atoms with Crippen LogP contribution in [0.4, 0.5) is 0 Å². The van der Waals surface area contributed by atoms with Gasteiger partial charge in [-0.2, -0.15) is 0 Å². The van der Waals surface area contributed by atoms with Crippen molar-refractivity contribution in [2.24, 2.45) is 0 Å². The summed E-state index contributed by atoms with van der Waals surface area (Å²) in [4.78, 5) is 0. The molecule has 1 unspecified atom stereocenters. The van der Waals surface area contributed by atoms with Crippen molar-refractivity contribution >= 4 is 0 Å². The molecule has 0 spiro atoms. The van der Waals surface area contributed by atoms with Crippen molar-refractivity contribution in [3.8, 4) is 5.75 Å². The van der Waals surface area contributed by atoms with Gasteiger partial charge in [-0.3, -0.25) is 0 Å². The second-order valence-corrected chi connectivity index (χ2v) is 4.15. The molecule has 1 aromatic rings. The molecule has 0 aliphatic heterocycles. The summed E-state index contributed by atoms with van der Waals surface area (Å²) in [6, 6.07) is 8.79. The maximum absolute atomic E-state index is 5.51. The van der Waals surface area contributed by atoms with Crippen molar-refractivity contribution in [3.63, 3.8) is 0 Å². The molecule has 3 heteroatoms. The SMILES string of the molecule is CCNC(C)Cc1ccc(OCCOC)cc1. The van der Waals surface area contributed by atoms with Crippen molar-refractivity contribution in [1.29, 1.82) is 0 Å². The fraction of sp³-hybridized carbons (Fsp3) is 0.571. The lowest BCUT2D eigenvalue weighted by Gasteiger charge is -2.12. The number of nitrogens with one attached hydrogen (secondary N) is 1. The van der Waals surface area contributed by atoms with Crippen LogP contribution in [0.25, 0.3) is 0 Å². The Morgan fingerprint density at radius 2 is 1.88 bits per heavy atom. The molecule has 0 heterocycles. The largest absolute Gasteiger partial charge is 0.491 e. The maximum atomic E-state index is 5.51. The van der Waals surface area contributed by atoms with Crippen molar-refractivity contribution in [2.45, 2.75) is 26.3 Å². The number of hydrogen-bond acceptors (Lipinski definition) is 3. The number of benzene rings is 1. The molecule has 0 amide bonds. The number of likely N-dealkylation sites (N-methyl/N-ethyl adjacent to an activating group) is 1. The minimum Gasteiger partial charge on any atom is -0.491 e. The van der Waals surface area contributed by atoms with E-state index in [4.69, 9.17) is 9.47 Å². The summed E-state index contributed by atoms with van der Waals surface area (Å²) < 4.78 is 10.4. The summed E-state index contributed by atoms with van der Waals surface area (Å²) in [5.74, 6) is 0.905. The Bertz CT molecular complexity index is 298. The van der Waals surface area contributed by atoms with Gasteiger partial charge in [0.05, 0.1) is 6.61 Å². The fourth-order valence-corrected chi connectivity index (χ4v) is 1.74. The molecule has 0 bridgehead atoms. The zero-order chi connectivity index (χ0) is 12.5. The van der Waals surface area contributed by atoms with Crippen molar-refractivity contribution in [2.75, 3.05) is 26.9 Å². The maximum Gasteiger partial charge on any atom is 0.119 e. The van der Waals surface area contributed by atoms with Crippen molar-refractivity contribution in [1.82, 2.24) is 5.32 Å². The number of ether oxygens (including phenoxy) is 2. The van der Waals surface area contributed by atoms with Gasteiger partial charge >= 0.3 is 0 Å². The predicted octanol–water partition coefficient (Wildman–Crippen LogP) is 2.25. The average Bonchev–Trinajstić information content (AvgIpc) is 2.32. The molecule has 0 aromatic heterocycles. The van der Waals surface area contributed by atoms with Crippen molar-refractivity contribution < 1.29 is 9.47 Å². The van der Waals surface area contributed by atoms with Gasteiger partial charge in [0.15, 0.2) is 0 Å². The Kier molecular flexibility index (Phi) is 6.67. The molecule has 17 heavy (non-hydrogen) atoms. The minimum absolute atomic E-state index is 0.514. The van der Waals surface area contributed by atoms with Crippen LogP contribution in [0, 0.1) is 0 Å². The molecule has 0 saturated heterocycles. The third-order valence-electron chi connectivity index (χ3n) is 2.57. The van der Waals surface area contributed by atoms with Gasteiger partial charge in [0.1, 0.15) is 12.4 Å². The predicted molar refractivity (Wildman–Crippen MR) is 70.7 cm³/mol. The van der Waals surface area contributed by atoms with Gasteiger partial charge in [-0.15, -0.1) is 0 Å². The summed E-state index contributed by atoms with van der Waals surface area (Å²) in [5.41, 5.74) is 1.33. The highest BCUT2D eigenvalue weighted by atomic mass is 16.5. The zero-order valence-electron chi connectivity index (χ0n) is 11.0. The van der Waals surface area contributed by atoms with Crippen LogP contribution in [-0.2, 0) is 11.2 Å². The van der Waals surface area contributed by atoms with E-state index in [2.05, 4.69) is 31.3 Å². The van der Waals surface area contributed by atoms with Gasteiger partial charge in [0, 0.05) is 13.2 Å². The second-order valence-electron chi connectivity index (χ2n) is 4.15. The molecular formula is C14H23NO2. The highest BCUT2D eigenvalue weighted by Crippen LogP contribution is 2.13. The van der Waals surface area contributed by atoms with Gasteiger partial charge in [0.25, 0.3) is 0 Å². The molecule has 3 nitrogen and oxygen atoms in total. The van der Waals surface area contributed by atoms with E-state index in [-0.39, 0.29) is 0 Å². The number of methoxy groups -OCH3 is 1. The van der Waals surface area contributed by atoms with Crippen LogP contribution >= 0.6 is 0 Å². The van der Waals surface area contributed by atoms with E-state index in [1.165, 1.54) is 5.56 Å². The summed E-state index contributed by atoms with van der Waals surface area (Å²) in [6.07, 6.45) is 1.05. The first-order valence-corrected chi connectivity index (χ1v) is 6.20. The molecule has 1 rings (SSSR count). The van der Waals surface area contributed by atoms with Gasteiger partial charge in [-0.1, -0.05) is 19.1 Å². The minimum atomic E-state index is 0.514. The quantitative estimate of drug-likeness (QED) is 0.703. The standard InChI is InChI=1S/C14H23NO2/c1-4-15-12(2)11-13-5-7-14(8-6-13)17-10-9-16-3/h5-8,12,15H,4,9-11H2,1-3H3. The number of rotatable bonds is 8. The Morgan fingerprint density at radius 3 is 2.47 bits per heavy atom. The van der Waals surface area contributed by atoms with Gasteiger partial charge in [0.2, 0.25) is 0 Å². The summed E-state index contributed by atoms with van der Waals surface area (Å²) in [6.45, 7) is 6.57. The van der Waals surface area contributed by atoms with Crippen LogP contribution in [0.15, 0.2) is 24.3 Å². The highest BCUT2D eigenvalue weighted by molar-refractivity contribution is 5.27. The lowest BCUT2D eigenvalue weighted by molar-refractivity contribution is 0.146. The summed E-state index contributed by atoms with van der Waals surface area (Å²) in [5, 5.41) is 3.40. The van der Waals surface area contributed by atoms with Crippen LogP contribution in [0.2, 0.25) is 0 Å². The van der Waals surface area contributed by atoms with Crippen molar-refractivity contribution in [3.05, 3.63) is 29.8 Å². The summed E-state index contributed by atoms with van der Waals surface area (Å²) >= 11 is 0. The smallest absolute Gasteiger partial charge is 0.119 e. The molecule has 0 aliphatic rings. The van der Waals surface area contributed by atoms with Crippen LogP contribution in [0.3, 0.4) is 0 Å². The average molecular weight is 237 g/mol. The van der Waals surface area contributed by atoms with Crippen LogP contribution in [0.1, 0.15) is 19.4 Å². The monoisotopic (exact) mass is 237 g/mol. The first kappa shape index (κ1) is 14.0. The summed E-state index contributed by atoms with van der Waals surface area (Å²) in [7, 11) is 1.68. The molecule has 96 valence electrons. The fourth-order valence-electron chi connectivity index (χ4n) is 1.74. The second kappa shape index (κ2) is 8.09. The third-order valence-corrected chi connectivity index (χ3v) is 2.57. The number of hydrogen-bond donors (Lipinski definition) is 1. The molecule has 0 saturated carbocycles. The van der Waals surface area contributed by atoms with E-state index in [1.807, 2.05) is 12.1 Å². The van der Waals surface area contributed by atoms with Crippen LogP contribution in [0.5, 0.6) is 5.75 Å². The van der Waals surface area contributed by atoms with Crippen LogP contribution in [-0.4, -0.2) is 32.9 Å². The molecule has 0 aliphatic carbocycles. The van der Waals surface area contributed by atoms with E-state index in [0.29, 0.717) is 19.3 Å². The Balaban J connectivity index is 2.39. The zero-order valence-corrected chi connectivity index (χ0v) is 11.0. The first-order chi connectivity index (χ1) is 8.26. The lowest BCUT2D eigenvalue weighted by atomic mass is 10.1. The Labute approximate surface area is 104 Å². The topological polar surface area (TPSA) is 30.5 Å². The third kappa shape index (κ3) is 5.71. The van der Waals surface area contributed by atoms with E-state index < -0.39 is 0 Å². The van der Waals surface area contributed by atoms with E-state index >= 15 is 0 Å². The van der Waals surface area contributed by atoms with Crippen LogP contribution < -0.4 is 10.1 Å². The highest BCUT2D eigenvalue weighted by Gasteiger charge is 2.02. The Morgan fingerprint density at radius 1 is 1.18 bits per heavy atom. The van der Waals surface area contributed by atoms with Gasteiger partial charge in [-0.05, 0) is 37.6 Å². The van der Waals surface area contributed by atoms with E-state index in [1.54, 1.807) is 7.11 Å². The first-order valence-electron chi connectivity index (χ1n) is 6.20. The van der Waals surface area contributed by atoms with Gasteiger partial charge in [-0.25, -0.2) is 0 Å². The van der Waals surface area contributed by atoms with Gasteiger partial charge < -0.3 is 14.8 Å². The molecule has 0 fully saturated rings. The molecule has 1 atom stereocenters. The molecule has 1 aromatic carbocycles. The normalized spacial score (nSPS) is 12.4. The lowest BCUT2D eigenvalue weighted by Crippen LogP contribution is -2.27. The van der Waals surface area contributed by atoms with E-state index in [9.17, 15) is 0 Å².